The molecule has 9 heteroatoms. The molecule has 0 saturated heterocycles. The molecule has 1 rings (SSSR count). The van der Waals surface area contributed by atoms with Gasteiger partial charge < -0.3 is 10.6 Å². The fraction of sp³-hybridized carbons (Fsp3) is 0.400. The van der Waals surface area contributed by atoms with Crippen molar-refractivity contribution in [2.45, 2.75) is 39.9 Å². The summed E-state index contributed by atoms with van der Waals surface area (Å²) in [5, 5.41) is 4.31. The van der Waals surface area contributed by atoms with Gasteiger partial charge >= 0.3 is 0 Å². The maximum atomic E-state index is 12.2. The molecule has 0 atom stereocenters. The second kappa shape index (κ2) is 7.43. The summed E-state index contributed by atoms with van der Waals surface area (Å²) in [7, 11) is -3.80. The zero-order valence-electron chi connectivity index (χ0n) is 14.2. The van der Waals surface area contributed by atoms with Gasteiger partial charge in [0, 0.05) is 30.8 Å². The standard InChI is InChI=1S/C15H21N3O5S/c1-8(2)24(22,23)18-15(21)12-6-13(16-10(4)19)9(3)14(7-12)17-11(5)20/h6-8H,1-5H3,(H,16,19)(H,17,20)(H,18,21). The molecule has 0 bridgehead atoms. The van der Waals surface area contributed by atoms with Crippen LogP contribution < -0.4 is 15.4 Å². The lowest BCUT2D eigenvalue weighted by molar-refractivity contribution is -0.115. The molecule has 0 radical (unpaired) electrons. The van der Waals surface area contributed by atoms with Crippen molar-refractivity contribution in [3.63, 3.8) is 0 Å². The molecule has 0 fully saturated rings. The Morgan fingerprint density at radius 1 is 0.958 bits per heavy atom. The highest BCUT2D eigenvalue weighted by Crippen LogP contribution is 2.26. The van der Waals surface area contributed by atoms with Crippen molar-refractivity contribution in [3.05, 3.63) is 23.3 Å². The van der Waals surface area contributed by atoms with E-state index in [0.717, 1.165) is 0 Å². The number of carbonyl (C=O) groups excluding carboxylic acids is 3. The number of amides is 3. The normalized spacial score (nSPS) is 11.1. The van der Waals surface area contributed by atoms with Crippen molar-refractivity contribution in [1.82, 2.24) is 4.72 Å². The first kappa shape index (κ1) is 19.6. The van der Waals surface area contributed by atoms with Gasteiger partial charge in [-0.05, 0) is 38.5 Å². The molecular formula is C15H21N3O5S. The van der Waals surface area contributed by atoms with Crippen LogP contribution in [0.2, 0.25) is 0 Å². The Morgan fingerprint density at radius 2 is 1.38 bits per heavy atom. The average Bonchev–Trinajstić information content (AvgIpc) is 2.41. The van der Waals surface area contributed by atoms with Crippen LogP contribution in [0.1, 0.15) is 43.6 Å². The van der Waals surface area contributed by atoms with E-state index in [2.05, 4.69) is 10.6 Å². The quantitative estimate of drug-likeness (QED) is 0.737. The molecule has 8 nitrogen and oxygen atoms in total. The molecule has 132 valence electrons. The van der Waals surface area contributed by atoms with Crippen molar-refractivity contribution < 1.29 is 22.8 Å². The Hall–Kier alpha value is -2.42. The molecule has 3 amide bonds. The number of anilines is 2. The van der Waals surface area contributed by atoms with Crippen LogP contribution in [0.15, 0.2) is 12.1 Å². The van der Waals surface area contributed by atoms with E-state index in [0.29, 0.717) is 16.9 Å². The topological polar surface area (TPSA) is 121 Å². The fourth-order valence-corrected chi connectivity index (χ4v) is 2.40. The third-order valence-corrected chi connectivity index (χ3v) is 4.86. The molecule has 0 unspecified atom stereocenters. The highest BCUT2D eigenvalue weighted by atomic mass is 32.2. The third kappa shape index (κ3) is 5.05. The summed E-state index contributed by atoms with van der Waals surface area (Å²) in [5.74, 6) is -1.57. The van der Waals surface area contributed by atoms with Crippen LogP contribution in [-0.2, 0) is 19.6 Å². The predicted octanol–water partition coefficient (Wildman–Crippen LogP) is 1.38. The Balaban J connectivity index is 3.34. The monoisotopic (exact) mass is 355 g/mol. The Labute approximate surface area is 141 Å². The first-order valence-corrected chi connectivity index (χ1v) is 8.74. The molecule has 1 aromatic carbocycles. The van der Waals surface area contributed by atoms with Gasteiger partial charge in [-0.25, -0.2) is 13.1 Å². The van der Waals surface area contributed by atoms with Crippen LogP contribution in [0.5, 0.6) is 0 Å². The molecule has 24 heavy (non-hydrogen) atoms. The molecule has 1 aromatic rings. The summed E-state index contributed by atoms with van der Waals surface area (Å²) in [6.07, 6.45) is 0. The summed E-state index contributed by atoms with van der Waals surface area (Å²) in [6.45, 7) is 7.14. The molecule has 0 aliphatic heterocycles. The minimum absolute atomic E-state index is 0.00248. The van der Waals surface area contributed by atoms with E-state index in [-0.39, 0.29) is 17.4 Å². The van der Waals surface area contributed by atoms with Gasteiger partial charge in [0.05, 0.1) is 5.25 Å². The maximum absolute atomic E-state index is 12.2. The van der Waals surface area contributed by atoms with Crippen LogP contribution in [0.4, 0.5) is 11.4 Å². The number of nitrogens with one attached hydrogen (secondary N) is 3. The van der Waals surface area contributed by atoms with Crippen molar-refractivity contribution in [2.24, 2.45) is 0 Å². The van der Waals surface area contributed by atoms with E-state index in [1.165, 1.54) is 39.8 Å². The van der Waals surface area contributed by atoms with Gasteiger partial charge in [0.2, 0.25) is 21.8 Å². The molecule has 0 aliphatic carbocycles. The second-order valence-corrected chi connectivity index (χ2v) is 7.82. The highest BCUT2D eigenvalue weighted by Gasteiger charge is 2.21. The summed E-state index contributed by atoms with van der Waals surface area (Å²) >= 11 is 0. The lowest BCUT2D eigenvalue weighted by Gasteiger charge is -2.15. The van der Waals surface area contributed by atoms with E-state index in [9.17, 15) is 22.8 Å². The van der Waals surface area contributed by atoms with Crippen molar-refractivity contribution >= 4 is 39.1 Å². The van der Waals surface area contributed by atoms with Gasteiger partial charge in [-0.15, -0.1) is 0 Å². The first-order chi connectivity index (χ1) is 10.9. The maximum Gasteiger partial charge on any atom is 0.264 e. The zero-order valence-corrected chi connectivity index (χ0v) is 15.0. The fourth-order valence-electron chi connectivity index (χ4n) is 1.79. The van der Waals surface area contributed by atoms with Gasteiger partial charge in [0.15, 0.2) is 0 Å². The average molecular weight is 355 g/mol. The number of hydrogen-bond donors (Lipinski definition) is 3. The minimum atomic E-state index is -3.80. The molecular weight excluding hydrogens is 334 g/mol. The number of carbonyl (C=O) groups is 3. The van der Waals surface area contributed by atoms with Crippen LogP contribution in [-0.4, -0.2) is 31.4 Å². The molecule has 0 spiro atoms. The molecule has 0 saturated carbocycles. The van der Waals surface area contributed by atoms with Crippen LogP contribution >= 0.6 is 0 Å². The zero-order chi connectivity index (χ0) is 18.7. The van der Waals surface area contributed by atoms with E-state index in [4.69, 9.17) is 0 Å². The predicted molar refractivity (Wildman–Crippen MR) is 91.3 cm³/mol. The van der Waals surface area contributed by atoms with Gasteiger partial charge in [-0.2, -0.15) is 0 Å². The first-order valence-electron chi connectivity index (χ1n) is 7.19. The van der Waals surface area contributed by atoms with Crippen molar-refractivity contribution in [2.75, 3.05) is 10.6 Å². The Morgan fingerprint density at radius 3 is 1.71 bits per heavy atom. The SMILES string of the molecule is CC(=O)Nc1cc(C(=O)NS(=O)(=O)C(C)C)cc(NC(C)=O)c1C. The van der Waals surface area contributed by atoms with E-state index in [1.54, 1.807) is 6.92 Å². The second-order valence-electron chi connectivity index (χ2n) is 5.58. The third-order valence-electron chi connectivity index (χ3n) is 3.15. The number of rotatable bonds is 5. The Kier molecular flexibility index (Phi) is 6.08. The van der Waals surface area contributed by atoms with E-state index < -0.39 is 21.2 Å². The molecule has 3 N–H and O–H groups in total. The number of benzene rings is 1. The molecule has 0 aliphatic rings. The number of hydrogen-bond acceptors (Lipinski definition) is 5. The van der Waals surface area contributed by atoms with Crippen molar-refractivity contribution in [1.29, 1.82) is 0 Å². The van der Waals surface area contributed by atoms with Gasteiger partial charge in [0.1, 0.15) is 0 Å². The highest BCUT2D eigenvalue weighted by molar-refractivity contribution is 7.90. The van der Waals surface area contributed by atoms with Crippen LogP contribution in [0.25, 0.3) is 0 Å². The summed E-state index contributed by atoms with van der Waals surface area (Å²) in [6, 6.07) is 2.71. The molecule has 0 aromatic heterocycles. The van der Waals surface area contributed by atoms with Crippen molar-refractivity contribution in [3.8, 4) is 0 Å². The van der Waals surface area contributed by atoms with E-state index in [1.807, 2.05) is 4.72 Å². The number of sulfonamides is 1. The summed E-state index contributed by atoms with van der Waals surface area (Å²) in [4.78, 5) is 34.8. The smallest absolute Gasteiger partial charge is 0.264 e. The van der Waals surface area contributed by atoms with Gasteiger partial charge in [-0.1, -0.05) is 0 Å². The largest absolute Gasteiger partial charge is 0.326 e. The lowest BCUT2D eigenvalue weighted by Crippen LogP contribution is -2.35. The van der Waals surface area contributed by atoms with Gasteiger partial charge in [-0.3, -0.25) is 14.4 Å². The summed E-state index contributed by atoms with van der Waals surface area (Å²) in [5.41, 5.74) is 1.16. The minimum Gasteiger partial charge on any atom is -0.326 e. The Bertz CT molecular complexity index is 747. The summed E-state index contributed by atoms with van der Waals surface area (Å²) < 4.78 is 25.6. The lowest BCUT2D eigenvalue weighted by atomic mass is 10.1. The van der Waals surface area contributed by atoms with E-state index >= 15 is 0 Å². The van der Waals surface area contributed by atoms with Crippen LogP contribution in [0.3, 0.4) is 0 Å². The molecule has 0 heterocycles. The van der Waals surface area contributed by atoms with Crippen LogP contribution in [0, 0.1) is 6.92 Å². The van der Waals surface area contributed by atoms with Gasteiger partial charge in [0.25, 0.3) is 5.91 Å².